The maximum atomic E-state index is 5.32. The molecule has 2 aromatic heterocycles. The monoisotopic (exact) mass is 275 g/mol. The van der Waals surface area contributed by atoms with Crippen molar-refractivity contribution in [1.29, 1.82) is 0 Å². The van der Waals surface area contributed by atoms with Crippen molar-refractivity contribution in [2.75, 3.05) is 17.3 Å². The van der Waals surface area contributed by atoms with Gasteiger partial charge in [0.1, 0.15) is 5.82 Å². The van der Waals surface area contributed by atoms with E-state index in [9.17, 15) is 0 Å². The van der Waals surface area contributed by atoms with Crippen LogP contribution >= 0.6 is 0 Å². The Hall–Kier alpha value is -2.15. The first-order valence-corrected chi connectivity index (χ1v) is 6.65. The summed E-state index contributed by atoms with van der Waals surface area (Å²) < 4.78 is 2.02. The third kappa shape index (κ3) is 3.67. The lowest BCUT2D eigenvalue weighted by Crippen LogP contribution is -2.14. The van der Waals surface area contributed by atoms with Gasteiger partial charge in [0.25, 0.3) is 0 Å². The largest absolute Gasteiger partial charge is 0.370 e. The second-order valence-corrected chi connectivity index (χ2v) is 4.79. The molecule has 2 aromatic rings. The Bertz CT molecular complexity index is 576. The van der Waals surface area contributed by atoms with Gasteiger partial charge in [0, 0.05) is 30.5 Å². The van der Waals surface area contributed by atoms with Crippen LogP contribution in [0.1, 0.15) is 23.5 Å². The van der Waals surface area contributed by atoms with E-state index in [1.807, 2.05) is 24.6 Å². The van der Waals surface area contributed by atoms with Gasteiger partial charge in [-0.1, -0.05) is 0 Å². The summed E-state index contributed by atoms with van der Waals surface area (Å²) in [6.07, 6.45) is 0.969. The number of hydrogen-bond donors (Lipinski definition) is 3. The molecular formula is C13H21N7. The number of nitrogen functional groups attached to an aromatic ring is 1. The van der Waals surface area contributed by atoms with Gasteiger partial charge in [-0.2, -0.15) is 10.1 Å². The van der Waals surface area contributed by atoms with Crippen LogP contribution in [0.2, 0.25) is 0 Å². The molecule has 0 aliphatic carbocycles. The van der Waals surface area contributed by atoms with E-state index in [0.29, 0.717) is 5.95 Å². The molecule has 0 aliphatic rings. The summed E-state index contributed by atoms with van der Waals surface area (Å²) >= 11 is 0. The second kappa shape index (κ2) is 6.33. The van der Waals surface area contributed by atoms with Crippen LogP contribution < -0.4 is 16.6 Å². The Labute approximate surface area is 118 Å². The Morgan fingerprint density at radius 3 is 2.60 bits per heavy atom. The first-order valence-electron chi connectivity index (χ1n) is 6.65. The molecule has 0 radical (unpaired) electrons. The summed E-state index contributed by atoms with van der Waals surface area (Å²) in [5, 5.41) is 7.70. The fraction of sp³-hybridized carbons (Fsp3) is 0.462. The van der Waals surface area contributed by atoms with E-state index in [-0.39, 0.29) is 0 Å². The molecule has 0 fully saturated rings. The Balaban J connectivity index is 1.84. The maximum absolute atomic E-state index is 5.32. The Morgan fingerprint density at radius 2 is 1.95 bits per heavy atom. The van der Waals surface area contributed by atoms with Crippen molar-refractivity contribution in [2.24, 2.45) is 5.84 Å². The SMILES string of the molecule is Cc1cc(NCCCn2nc(C)cc2C)nc(NN)n1. The molecule has 7 heteroatoms. The minimum absolute atomic E-state index is 0.422. The predicted octanol–water partition coefficient (Wildman–Crippen LogP) is 1.39. The molecule has 108 valence electrons. The highest BCUT2D eigenvalue weighted by molar-refractivity contribution is 5.41. The summed E-state index contributed by atoms with van der Waals surface area (Å²) in [5.74, 6) is 6.52. The highest BCUT2D eigenvalue weighted by Gasteiger charge is 2.02. The molecular weight excluding hydrogens is 254 g/mol. The molecule has 2 heterocycles. The predicted molar refractivity (Wildman–Crippen MR) is 79.4 cm³/mol. The van der Waals surface area contributed by atoms with Crippen LogP contribution in [0.5, 0.6) is 0 Å². The van der Waals surface area contributed by atoms with Gasteiger partial charge in [0.15, 0.2) is 0 Å². The zero-order valence-corrected chi connectivity index (χ0v) is 12.1. The van der Waals surface area contributed by atoms with Gasteiger partial charge >= 0.3 is 0 Å². The Morgan fingerprint density at radius 1 is 1.15 bits per heavy atom. The molecule has 0 spiro atoms. The topological polar surface area (TPSA) is 93.7 Å². The van der Waals surface area contributed by atoms with Crippen molar-refractivity contribution in [1.82, 2.24) is 19.7 Å². The molecule has 0 atom stereocenters. The zero-order chi connectivity index (χ0) is 14.5. The quantitative estimate of drug-likeness (QED) is 0.419. The van der Waals surface area contributed by atoms with E-state index in [2.05, 4.69) is 38.8 Å². The fourth-order valence-corrected chi connectivity index (χ4v) is 2.07. The third-order valence-electron chi connectivity index (χ3n) is 2.94. The van der Waals surface area contributed by atoms with E-state index in [1.54, 1.807) is 0 Å². The van der Waals surface area contributed by atoms with E-state index in [0.717, 1.165) is 36.7 Å². The van der Waals surface area contributed by atoms with E-state index in [4.69, 9.17) is 5.84 Å². The van der Waals surface area contributed by atoms with Gasteiger partial charge < -0.3 is 5.32 Å². The molecule has 7 nitrogen and oxygen atoms in total. The van der Waals surface area contributed by atoms with Crippen molar-refractivity contribution >= 4 is 11.8 Å². The van der Waals surface area contributed by atoms with Gasteiger partial charge in [0.05, 0.1) is 5.69 Å². The third-order valence-corrected chi connectivity index (χ3v) is 2.94. The van der Waals surface area contributed by atoms with Crippen molar-refractivity contribution in [3.05, 3.63) is 29.2 Å². The molecule has 0 unspecified atom stereocenters. The lowest BCUT2D eigenvalue weighted by atomic mass is 10.3. The summed E-state index contributed by atoms with van der Waals surface area (Å²) in [6, 6.07) is 3.98. The summed E-state index contributed by atoms with van der Waals surface area (Å²) in [6.45, 7) is 7.69. The van der Waals surface area contributed by atoms with Crippen molar-refractivity contribution in [3.8, 4) is 0 Å². The minimum atomic E-state index is 0.422. The van der Waals surface area contributed by atoms with Gasteiger partial charge in [-0.15, -0.1) is 0 Å². The van der Waals surface area contributed by atoms with Gasteiger partial charge in [-0.25, -0.2) is 10.8 Å². The van der Waals surface area contributed by atoms with E-state index >= 15 is 0 Å². The summed E-state index contributed by atoms with van der Waals surface area (Å²) in [7, 11) is 0. The molecule has 0 aliphatic heterocycles. The Kier molecular flexibility index (Phi) is 4.52. The highest BCUT2D eigenvalue weighted by Crippen LogP contribution is 2.09. The molecule has 0 aromatic carbocycles. The molecule has 2 rings (SSSR count). The van der Waals surface area contributed by atoms with Crippen LogP contribution in [0.4, 0.5) is 11.8 Å². The van der Waals surface area contributed by atoms with Crippen molar-refractivity contribution < 1.29 is 0 Å². The fourth-order valence-electron chi connectivity index (χ4n) is 2.07. The van der Waals surface area contributed by atoms with Gasteiger partial charge in [0.2, 0.25) is 5.95 Å². The van der Waals surface area contributed by atoms with Gasteiger partial charge in [-0.3, -0.25) is 10.1 Å². The normalized spacial score (nSPS) is 10.6. The van der Waals surface area contributed by atoms with Crippen LogP contribution in [0.15, 0.2) is 12.1 Å². The molecule has 0 bridgehead atoms. The molecule has 0 amide bonds. The molecule has 20 heavy (non-hydrogen) atoms. The van der Waals surface area contributed by atoms with Gasteiger partial charge in [-0.05, 0) is 33.3 Å². The van der Waals surface area contributed by atoms with E-state index in [1.165, 1.54) is 5.69 Å². The van der Waals surface area contributed by atoms with E-state index < -0.39 is 0 Å². The molecule has 0 saturated carbocycles. The number of hydrazine groups is 1. The smallest absolute Gasteiger partial charge is 0.239 e. The lowest BCUT2D eigenvalue weighted by molar-refractivity contribution is 0.573. The minimum Gasteiger partial charge on any atom is -0.370 e. The number of rotatable bonds is 6. The second-order valence-electron chi connectivity index (χ2n) is 4.79. The van der Waals surface area contributed by atoms with Crippen LogP contribution in [-0.2, 0) is 6.54 Å². The maximum Gasteiger partial charge on any atom is 0.239 e. The first kappa shape index (κ1) is 14.3. The number of nitrogens with zero attached hydrogens (tertiary/aromatic N) is 4. The number of hydrogen-bond acceptors (Lipinski definition) is 6. The zero-order valence-electron chi connectivity index (χ0n) is 12.1. The average Bonchev–Trinajstić information content (AvgIpc) is 2.72. The van der Waals surface area contributed by atoms with Crippen LogP contribution in [0, 0.1) is 20.8 Å². The van der Waals surface area contributed by atoms with Crippen molar-refractivity contribution in [3.63, 3.8) is 0 Å². The number of anilines is 2. The lowest BCUT2D eigenvalue weighted by Gasteiger charge is -2.08. The average molecular weight is 275 g/mol. The highest BCUT2D eigenvalue weighted by atomic mass is 15.3. The standard InChI is InChI=1S/C13H21N7/c1-9-8-12(17-13(16-9)18-14)15-5-4-6-20-11(3)7-10(2)19-20/h7-8H,4-6,14H2,1-3H3,(H2,15,16,17,18). The van der Waals surface area contributed by atoms with Crippen molar-refractivity contribution in [2.45, 2.75) is 33.7 Å². The number of nitrogens with one attached hydrogen (secondary N) is 2. The van der Waals surface area contributed by atoms with Crippen LogP contribution in [0.3, 0.4) is 0 Å². The molecule has 4 N–H and O–H groups in total. The summed E-state index contributed by atoms with van der Waals surface area (Å²) in [5.41, 5.74) is 5.57. The number of nitrogens with two attached hydrogens (primary N) is 1. The number of aryl methyl sites for hydroxylation is 4. The van der Waals surface area contributed by atoms with Crippen LogP contribution in [-0.4, -0.2) is 26.3 Å². The van der Waals surface area contributed by atoms with Crippen LogP contribution in [0.25, 0.3) is 0 Å². The molecule has 0 saturated heterocycles. The number of aromatic nitrogens is 4. The summed E-state index contributed by atoms with van der Waals surface area (Å²) in [4.78, 5) is 8.38. The first-order chi connectivity index (χ1) is 9.58.